The fraction of sp³-hybridized carbons (Fsp3) is 0.625. The molecule has 1 fully saturated rings. The molecule has 1 aromatic rings. The van der Waals surface area contributed by atoms with Crippen molar-refractivity contribution in [1.29, 1.82) is 0 Å². The molecular weight excluding hydrogens is 269 g/mol. The zero-order chi connectivity index (χ0) is 15.4. The van der Waals surface area contributed by atoms with Crippen molar-refractivity contribution in [2.45, 2.75) is 46.1 Å². The Labute approximate surface area is 125 Å². The van der Waals surface area contributed by atoms with Crippen LogP contribution in [0.4, 0.5) is 10.2 Å². The number of nitrogens with one attached hydrogen (secondary N) is 2. The Morgan fingerprint density at radius 2 is 2.19 bits per heavy atom. The maximum absolute atomic E-state index is 13.4. The van der Waals surface area contributed by atoms with Crippen molar-refractivity contribution >= 4 is 11.7 Å². The molecule has 0 spiro atoms. The third-order valence-corrected chi connectivity index (χ3v) is 4.42. The number of rotatable bonds is 5. The Hall–Kier alpha value is -1.65. The summed E-state index contributed by atoms with van der Waals surface area (Å²) in [6.07, 6.45) is 4.15. The summed E-state index contributed by atoms with van der Waals surface area (Å²) >= 11 is 0. The van der Waals surface area contributed by atoms with Crippen molar-refractivity contribution < 1.29 is 9.18 Å². The van der Waals surface area contributed by atoms with Crippen molar-refractivity contribution in [3.63, 3.8) is 0 Å². The van der Waals surface area contributed by atoms with E-state index in [9.17, 15) is 9.18 Å². The summed E-state index contributed by atoms with van der Waals surface area (Å²) in [5.41, 5.74) is 0.287. The summed E-state index contributed by atoms with van der Waals surface area (Å²) in [5.74, 6) is 0.775. The molecule has 0 radical (unpaired) electrons. The first kappa shape index (κ1) is 15.7. The van der Waals surface area contributed by atoms with Gasteiger partial charge in [0.25, 0.3) is 5.91 Å². The molecule has 116 valence electrons. The number of nitrogens with zero attached hydrogens (tertiary/aromatic N) is 1. The summed E-state index contributed by atoms with van der Waals surface area (Å²) in [6.45, 7) is 7.09. The molecule has 2 rings (SSSR count). The van der Waals surface area contributed by atoms with E-state index in [0.717, 1.165) is 25.5 Å². The Balaban J connectivity index is 2.12. The van der Waals surface area contributed by atoms with Crippen molar-refractivity contribution in [3.05, 3.63) is 23.6 Å². The maximum Gasteiger partial charge on any atom is 0.255 e. The molecule has 2 N–H and O–H groups in total. The molecule has 0 bridgehead atoms. The van der Waals surface area contributed by atoms with Crippen LogP contribution in [-0.4, -0.2) is 23.5 Å². The molecule has 1 saturated carbocycles. The van der Waals surface area contributed by atoms with Crippen LogP contribution in [0.25, 0.3) is 0 Å². The topological polar surface area (TPSA) is 54.0 Å². The lowest BCUT2D eigenvalue weighted by molar-refractivity contribution is 0.0927. The van der Waals surface area contributed by atoms with E-state index < -0.39 is 5.82 Å². The quantitative estimate of drug-likeness (QED) is 0.876. The van der Waals surface area contributed by atoms with Crippen LogP contribution < -0.4 is 10.6 Å². The molecule has 3 unspecified atom stereocenters. The molecule has 1 aliphatic rings. The lowest BCUT2D eigenvalue weighted by atomic mass is 9.97. The molecule has 0 aliphatic heterocycles. The molecule has 21 heavy (non-hydrogen) atoms. The van der Waals surface area contributed by atoms with Crippen LogP contribution in [0.5, 0.6) is 0 Å². The minimum absolute atomic E-state index is 0.162. The zero-order valence-corrected chi connectivity index (χ0v) is 12.9. The lowest BCUT2D eigenvalue weighted by Gasteiger charge is -2.20. The second-order valence-electron chi connectivity index (χ2n) is 5.97. The first-order valence-electron chi connectivity index (χ1n) is 7.73. The highest BCUT2D eigenvalue weighted by Crippen LogP contribution is 2.31. The summed E-state index contributed by atoms with van der Waals surface area (Å²) in [4.78, 5) is 16.4. The Kier molecular flexibility index (Phi) is 5.15. The average Bonchev–Trinajstić information content (AvgIpc) is 2.78. The van der Waals surface area contributed by atoms with E-state index in [1.165, 1.54) is 6.07 Å². The van der Waals surface area contributed by atoms with Crippen LogP contribution in [0.15, 0.2) is 12.3 Å². The van der Waals surface area contributed by atoms with Crippen molar-refractivity contribution in [1.82, 2.24) is 10.3 Å². The molecule has 1 aromatic heterocycles. The van der Waals surface area contributed by atoms with Gasteiger partial charge < -0.3 is 10.6 Å². The molecule has 0 saturated heterocycles. The highest BCUT2D eigenvalue weighted by Gasteiger charge is 2.31. The average molecular weight is 293 g/mol. The molecule has 0 aromatic carbocycles. The van der Waals surface area contributed by atoms with Crippen LogP contribution in [0.1, 0.15) is 50.4 Å². The van der Waals surface area contributed by atoms with Crippen molar-refractivity contribution in [3.8, 4) is 0 Å². The summed E-state index contributed by atoms with van der Waals surface area (Å²) in [5, 5.41) is 6.11. The summed E-state index contributed by atoms with van der Waals surface area (Å²) in [7, 11) is 0. The van der Waals surface area contributed by atoms with Gasteiger partial charge in [0, 0.05) is 12.6 Å². The van der Waals surface area contributed by atoms with E-state index in [0.29, 0.717) is 24.2 Å². The lowest BCUT2D eigenvalue weighted by Crippen LogP contribution is -2.37. The molecule has 1 aliphatic carbocycles. The van der Waals surface area contributed by atoms with E-state index in [1.807, 2.05) is 6.92 Å². The highest BCUT2D eigenvalue weighted by molar-refractivity contribution is 5.98. The van der Waals surface area contributed by atoms with Crippen molar-refractivity contribution in [2.24, 2.45) is 11.8 Å². The standard InChI is InChI=1S/C16H24FN3O/c1-4-7-18-15-13(8-12(17)9-19-15)16(21)20-14-6-5-10(2)11(14)3/h8-11,14H,4-7H2,1-3H3,(H,18,19)(H,20,21). The number of amides is 1. The van der Waals surface area contributed by atoms with Gasteiger partial charge in [0.15, 0.2) is 0 Å². The SMILES string of the molecule is CCCNc1ncc(F)cc1C(=O)NC1CCC(C)C1C. The summed E-state index contributed by atoms with van der Waals surface area (Å²) < 4.78 is 13.4. The predicted molar refractivity (Wildman–Crippen MR) is 81.8 cm³/mol. The number of aromatic nitrogens is 1. The van der Waals surface area contributed by atoms with Crippen LogP contribution in [0.3, 0.4) is 0 Å². The molecular formula is C16H24FN3O. The highest BCUT2D eigenvalue weighted by atomic mass is 19.1. The van der Waals surface area contributed by atoms with E-state index in [4.69, 9.17) is 0 Å². The number of pyridine rings is 1. The third kappa shape index (κ3) is 3.71. The van der Waals surface area contributed by atoms with E-state index in [2.05, 4.69) is 29.5 Å². The zero-order valence-electron chi connectivity index (χ0n) is 12.9. The minimum atomic E-state index is -0.491. The van der Waals surface area contributed by atoms with Crippen molar-refractivity contribution in [2.75, 3.05) is 11.9 Å². The first-order valence-corrected chi connectivity index (χ1v) is 7.73. The summed E-state index contributed by atoms with van der Waals surface area (Å²) in [6, 6.07) is 1.42. The number of anilines is 1. The number of carbonyl (C=O) groups is 1. The third-order valence-electron chi connectivity index (χ3n) is 4.42. The fourth-order valence-corrected chi connectivity index (χ4v) is 2.81. The number of hydrogen-bond donors (Lipinski definition) is 2. The van der Waals surface area contributed by atoms with E-state index in [1.54, 1.807) is 0 Å². The van der Waals surface area contributed by atoms with Gasteiger partial charge in [0.2, 0.25) is 0 Å². The van der Waals surface area contributed by atoms with Gasteiger partial charge in [-0.05, 0) is 37.2 Å². The van der Waals surface area contributed by atoms with Gasteiger partial charge in [-0.25, -0.2) is 9.37 Å². The Morgan fingerprint density at radius 3 is 2.81 bits per heavy atom. The maximum atomic E-state index is 13.4. The van der Waals surface area contributed by atoms with Gasteiger partial charge in [-0.3, -0.25) is 4.79 Å². The number of carbonyl (C=O) groups excluding carboxylic acids is 1. The van der Waals surface area contributed by atoms with Gasteiger partial charge in [-0.2, -0.15) is 0 Å². The first-order chi connectivity index (χ1) is 10.0. The molecule has 1 amide bonds. The van der Waals surface area contributed by atoms with Gasteiger partial charge in [0.05, 0.1) is 11.8 Å². The van der Waals surface area contributed by atoms with E-state index >= 15 is 0 Å². The normalized spacial score (nSPS) is 24.9. The fourth-order valence-electron chi connectivity index (χ4n) is 2.81. The molecule has 3 atom stereocenters. The van der Waals surface area contributed by atoms with Crippen LogP contribution >= 0.6 is 0 Å². The van der Waals surface area contributed by atoms with Gasteiger partial charge in [-0.1, -0.05) is 20.8 Å². The second kappa shape index (κ2) is 6.87. The van der Waals surface area contributed by atoms with Crippen LogP contribution in [0.2, 0.25) is 0 Å². The minimum Gasteiger partial charge on any atom is -0.369 e. The Bertz CT molecular complexity index is 506. The van der Waals surface area contributed by atoms with Gasteiger partial charge in [0.1, 0.15) is 11.6 Å². The monoisotopic (exact) mass is 293 g/mol. The second-order valence-corrected chi connectivity index (χ2v) is 5.97. The Morgan fingerprint density at radius 1 is 1.43 bits per heavy atom. The predicted octanol–water partition coefficient (Wildman–Crippen LogP) is 3.21. The number of hydrogen-bond acceptors (Lipinski definition) is 3. The van der Waals surface area contributed by atoms with Gasteiger partial charge >= 0.3 is 0 Å². The smallest absolute Gasteiger partial charge is 0.255 e. The largest absolute Gasteiger partial charge is 0.369 e. The van der Waals surface area contributed by atoms with Crippen LogP contribution in [0, 0.1) is 17.7 Å². The molecule has 4 nitrogen and oxygen atoms in total. The van der Waals surface area contributed by atoms with E-state index in [-0.39, 0.29) is 17.5 Å². The van der Waals surface area contributed by atoms with Crippen LogP contribution in [-0.2, 0) is 0 Å². The molecule has 5 heteroatoms. The number of halogens is 1. The van der Waals surface area contributed by atoms with Gasteiger partial charge in [-0.15, -0.1) is 0 Å². The molecule has 1 heterocycles.